The van der Waals surface area contributed by atoms with Gasteiger partial charge in [-0.2, -0.15) is 0 Å². The van der Waals surface area contributed by atoms with Crippen LogP contribution < -0.4 is 11.0 Å². The van der Waals surface area contributed by atoms with Crippen LogP contribution >= 0.6 is 0 Å². The number of hydrogen-bond donors (Lipinski definition) is 3. The van der Waals surface area contributed by atoms with Crippen molar-refractivity contribution in [1.29, 1.82) is 0 Å². The van der Waals surface area contributed by atoms with Crippen LogP contribution in [0.4, 0.5) is 0 Å². The van der Waals surface area contributed by atoms with Gasteiger partial charge < -0.3 is 19.9 Å². The van der Waals surface area contributed by atoms with Gasteiger partial charge in [0.25, 0.3) is 0 Å². The molecular weight excluding hydrogens is 366 g/mol. The number of aryl methyl sites for hydroxylation is 2. The van der Waals surface area contributed by atoms with Gasteiger partial charge in [-0.15, -0.1) is 0 Å². The van der Waals surface area contributed by atoms with Crippen LogP contribution in [0.2, 0.25) is 0 Å². The molecule has 0 aliphatic heterocycles. The standard InChI is InChI=1S/C22H25N5O2/c1-3-27-19-9-5-4-8-17(19)24-21(27)14(2)23-20(28)10-6-7-15-11-12-16-18(13-15)26-22(29)25-16/h4-5,8-9,11-14H,3,6-7,10H2,1-2H3,(H,23,28)(H2,25,26,29). The second-order valence-electron chi connectivity index (χ2n) is 7.30. The Morgan fingerprint density at radius 2 is 1.97 bits per heavy atom. The molecule has 150 valence electrons. The maximum Gasteiger partial charge on any atom is 0.323 e. The van der Waals surface area contributed by atoms with Gasteiger partial charge in [-0.25, -0.2) is 9.78 Å². The first-order chi connectivity index (χ1) is 14.0. The number of H-pyrrole nitrogens is 2. The molecule has 3 N–H and O–H groups in total. The minimum Gasteiger partial charge on any atom is -0.346 e. The summed E-state index contributed by atoms with van der Waals surface area (Å²) in [6.45, 7) is 4.86. The zero-order chi connectivity index (χ0) is 20.4. The topological polar surface area (TPSA) is 95.6 Å². The number of carbonyl (C=O) groups excluding carboxylic acids is 1. The largest absolute Gasteiger partial charge is 0.346 e. The molecule has 0 saturated heterocycles. The highest BCUT2D eigenvalue weighted by Gasteiger charge is 2.17. The Balaban J connectivity index is 1.36. The van der Waals surface area contributed by atoms with E-state index in [-0.39, 0.29) is 17.6 Å². The SMILES string of the molecule is CCn1c(C(C)NC(=O)CCCc2ccc3[nH]c(=O)[nH]c3c2)nc2ccccc21. The average molecular weight is 391 g/mol. The Morgan fingerprint density at radius 1 is 1.17 bits per heavy atom. The molecule has 4 rings (SSSR count). The van der Waals surface area contributed by atoms with Crippen LogP contribution in [0.5, 0.6) is 0 Å². The molecular formula is C22H25N5O2. The molecule has 7 nitrogen and oxygen atoms in total. The van der Waals surface area contributed by atoms with E-state index in [9.17, 15) is 9.59 Å². The zero-order valence-electron chi connectivity index (χ0n) is 16.7. The smallest absolute Gasteiger partial charge is 0.323 e. The third-order valence-electron chi connectivity index (χ3n) is 5.21. The maximum atomic E-state index is 12.4. The maximum absolute atomic E-state index is 12.4. The lowest BCUT2D eigenvalue weighted by Gasteiger charge is -2.15. The quantitative estimate of drug-likeness (QED) is 0.450. The summed E-state index contributed by atoms with van der Waals surface area (Å²) in [6.07, 6.45) is 1.96. The van der Waals surface area contributed by atoms with Gasteiger partial charge in [0.2, 0.25) is 5.91 Å². The van der Waals surface area contributed by atoms with E-state index in [1.54, 1.807) is 0 Å². The van der Waals surface area contributed by atoms with E-state index >= 15 is 0 Å². The molecule has 1 atom stereocenters. The van der Waals surface area contributed by atoms with E-state index in [1.807, 2.05) is 43.3 Å². The van der Waals surface area contributed by atoms with Crippen LogP contribution in [0.15, 0.2) is 47.3 Å². The number of imidazole rings is 2. The van der Waals surface area contributed by atoms with E-state index in [1.165, 1.54) is 0 Å². The third kappa shape index (κ3) is 3.94. The fraction of sp³-hybridized carbons (Fsp3) is 0.318. The molecule has 0 spiro atoms. The minimum atomic E-state index is -0.205. The van der Waals surface area contributed by atoms with Crippen LogP contribution in [0.25, 0.3) is 22.1 Å². The molecule has 4 aromatic rings. The van der Waals surface area contributed by atoms with Crippen molar-refractivity contribution in [1.82, 2.24) is 24.8 Å². The van der Waals surface area contributed by atoms with Gasteiger partial charge in [0.05, 0.1) is 28.1 Å². The van der Waals surface area contributed by atoms with Gasteiger partial charge in [-0.05, 0) is 56.5 Å². The fourth-order valence-corrected chi connectivity index (χ4v) is 3.82. The van der Waals surface area contributed by atoms with Crippen molar-refractivity contribution in [3.63, 3.8) is 0 Å². The van der Waals surface area contributed by atoms with Crippen LogP contribution in [-0.2, 0) is 17.8 Å². The Kier molecular flexibility index (Phi) is 5.20. The summed E-state index contributed by atoms with van der Waals surface area (Å²) in [5.74, 6) is 0.896. The molecule has 7 heteroatoms. The van der Waals surface area contributed by atoms with E-state index in [0.717, 1.165) is 52.8 Å². The molecule has 0 aliphatic carbocycles. The number of carbonyl (C=O) groups is 1. The summed E-state index contributed by atoms with van der Waals surface area (Å²) in [4.78, 5) is 34.0. The number of hydrogen-bond acceptors (Lipinski definition) is 3. The highest BCUT2D eigenvalue weighted by atomic mass is 16.1. The Bertz CT molecular complexity index is 1220. The number of aromatic amines is 2. The fourth-order valence-electron chi connectivity index (χ4n) is 3.82. The lowest BCUT2D eigenvalue weighted by atomic mass is 10.1. The molecule has 0 aliphatic rings. The highest BCUT2D eigenvalue weighted by molar-refractivity contribution is 5.78. The van der Waals surface area contributed by atoms with E-state index < -0.39 is 0 Å². The van der Waals surface area contributed by atoms with Gasteiger partial charge in [0, 0.05) is 13.0 Å². The van der Waals surface area contributed by atoms with Crippen molar-refractivity contribution >= 4 is 28.0 Å². The number of nitrogens with zero attached hydrogens (tertiary/aromatic N) is 2. The average Bonchev–Trinajstić information content (AvgIpc) is 3.26. The minimum absolute atomic E-state index is 0.0170. The van der Waals surface area contributed by atoms with Crippen LogP contribution in [-0.4, -0.2) is 25.4 Å². The predicted octanol–water partition coefficient (Wildman–Crippen LogP) is 3.43. The number of aromatic nitrogens is 4. The second-order valence-corrected chi connectivity index (χ2v) is 7.30. The molecule has 0 radical (unpaired) electrons. The van der Waals surface area contributed by atoms with Gasteiger partial charge in [0.15, 0.2) is 0 Å². The number of amides is 1. The van der Waals surface area contributed by atoms with Crippen molar-refractivity contribution in [2.45, 2.75) is 45.7 Å². The summed E-state index contributed by atoms with van der Waals surface area (Å²) in [6, 6.07) is 13.7. The van der Waals surface area contributed by atoms with Crippen LogP contribution in [0.3, 0.4) is 0 Å². The summed E-state index contributed by atoms with van der Waals surface area (Å²) >= 11 is 0. The summed E-state index contributed by atoms with van der Waals surface area (Å²) in [7, 11) is 0. The monoisotopic (exact) mass is 391 g/mol. The van der Waals surface area contributed by atoms with Gasteiger partial charge in [0.1, 0.15) is 5.82 Å². The second kappa shape index (κ2) is 7.95. The van der Waals surface area contributed by atoms with Crippen molar-refractivity contribution in [3.05, 3.63) is 64.3 Å². The molecule has 0 saturated carbocycles. The molecule has 29 heavy (non-hydrogen) atoms. The molecule has 2 aromatic heterocycles. The van der Waals surface area contributed by atoms with Crippen molar-refractivity contribution in [2.24, 2.45) is 0 Å². The lowest BCUT2D eigenvalue weighted by Crippen LogP contribution is -2.28. The summed E-state index contributed by atoms with van der Waals surface area (Å²) < 4.78 is 2.15. The number of rotatable bonds is 7. The third-order valence-corrected chi connectivity index (χ3v) is 5.21. The zero-order valence-corrected chi connectivity index (χ0v) is 16.7. The van der Waals surface area contributed by atoms with Crippen LogP contribution in [0.1, 0.15) is 44.1 Å². The van der Waals surface area contributed by atoms with E-state index in [2.05, 4.69) is 32.8 Å². The first-order valence-electron chi connectivity index (χ1n) is 10.0. The molecule has 2 heterocycles. The first-order valence-corrected chi connectivity index (χ1v) is 10.0. The number of para-hydroxylation sites is 2. The normalized spacial score (nSPS) is 12.5. The van der Waals surface area contributed by atoms with Gasteiger partial charge >= 0.3 is 5.69 Å². The lowest BCUT2D eigenvalue weighted by molar-refractivity contribution is -0.121. The van der Waals surface area contributed by atoms with Crippen molar-refractivity contribution in [2.75, 3.05) is 0 Å². The number of nitrogens with one attached hydrogen (secondary N) is 3. The molecule has 2 aromatic carbocycles. The predicted molar refractivity (Wildman–Crippen MR) is 114 cm³/mol. The first kappa shape index (κ1) is 19.0. The summed E-state index contributed by atoms with van der Waals surface area (Å²) in [5.41, 5.74) is 4.52. The number of benzene rings is 2. The van der Waals surface area contributed by atoms with Crippen molar-refractivity contribution < 1.29 is 4.79 Å². The summed E-state index contributed by atoms with van der Waals surface area (Å²) in [5, 5.41) is 3.08. The molecule has 1 amide bonds. The van der Waals surface area contributed by atoms with Crippen LogP contribution in [0, 0.1) is 0 Å². The Hall–Kier alpha value is -3.35. The van der Waals surface area contributed by atoms with E-state index in [4.69, 9.17) is 4.98 Å². The molecule has 0 fully saturated rings. The van der Waals surface area contributed by atoms with E-state index in [0.29, 0.717) is 6.42 Å². The Labute approximate surface area is 168 Å². The van der Waals surface area contributed by atoms with Crippen molar-refractivity contribution in [3.8, 4) is 0 Å². The Morgan fingerprint density at radius 3 is 2.79 bits per heavy atom. The highest BCUT2D eigenvalue weighted by Crippen LogP contribution is 2.21. The van der Waals surface area contributed by atoms with Gasteiger partial charge in [-0.1, -0.05) is 18.2 Å². The van der Waals surface area contributed by atoms with Gasteiger partial charge in [-0.3, -0.25) is 4.79 Å². The molecule has 1 unspecified atom stereocenters. The number of fused-ring (bicyclic) bond motifs is 2. The molecule has 0 bridgehead atoms.